The van der Waals surface area contributed by atoms with Crippen LogP contribution in [-0.2, 0) is 0 Å². The summed E-state index contributed by atoms with van der Waals surface area (Å²) in [5, 5.41) is 3.14. The molecular weight excluding hydrogens is 238 g/mol. The monoisotopic (exact) mass is 273 g/mol. The van der Waals surface area contributed by atoms with E-state index in [1.54, 1.807) is 10.6 Å². The van der Waals surface area contributed by atoms with Crippen LogP contribution in [0.5, 0.6) is 0 Å². The Morgan fingerprint density at radius 1 is 0.500 bits per heavy atom. The van der Waals surface area contributed by atoms with Crippen molar-refractivity contribution in [1.82, 2.24) is 0 Å². The lowest BCUT2D eigenvalue weighted by molar-refractivity contribution is 0.618. The molecule has 0 aromatic heterocycles. The first-order valence-corrected chi connectivity index (χ1v) is 9.86. The molecule has 0 unspecified atom stereocenters. The molecule has 0 aliphatic heterocycles. The van der Waals surface area contributed by atoms with Crippen LogP contribution in [-0.4, -0.2) is 15.2 Å². The molecule has 18 heavy (non-hydrogen) atoms. The topological polar surface area (TPSA) is 0 Å². The lowest BCUT2D eigenvalue weighted by Gasteiger charge is -2.01. The maximum Gasteiger partial charge on any atom is 0.199 e. The van der Waals surface area contributed by atoms with Crippen LogP contribution in [0.3, 0.4) is 0 Å². The minimum Gasteiger partial charge on any atom is -0.269 e. The quantitative estimate of drug-likeness (QED) is 0.254. The summed E-state index contributed by atoms with van der Waals surface area (Å²) in [6.45, 7) is 4.59. The number of hydrogen-bond donors (Lipinski definition) is 0. The molecule has 0 N–H and O–H groups in total. The Morgan fingerprint density at radius 3 is 1.22 bits per heavy atom. The SMILES string of the molecule is CCCCCCC[CH2][Al][CH2]CCCCCCC.F. The molecule has 0 spiro atoms. The van der Waals surface area contributed by atoms with Crippen LogP contribution in [0, 0.1) is 0 Å². The van der Waals surface area contributed by atoms with Gasteiger partial charge in [-0.3, -0.25) is 4.70 Å². The smallest absolute Gasteiger partial charge is 0.199 e. The normalized spacial score (nSPS) is 10.1. The van der Waals surface area contributed by atoms with Crippen LogP contribution in [0.4, 0.5) is 4.70 Å². The molecule has 0 amide bonds. The molecule has 109 valence electrons. The van der Waals surface area contributed by atoms with Gasteiger partial charge in [-0.2, -0.15) is 0 Å². The van der Waals surface area contributed by atoms with Crippen LogP contribution in [0.15, 0.2) is 0 Å². The van der Waals surface area contributed by atoms with Crippen molar-refractivity contribution in [3.63, 3.8) is 0 Å². The zero-order chi connectivity index (χ0) is 12.6. The Labute approximate surface area is 121 Å². The fourth-order valence-corrected chi connectivity index (χ4v) is 3.73. The minimum atomic E-state index is 0. The Bertz CT molecular complexity index is 114. The summed E-state index contributed by atoms with van der Waals surface area (Å²) in [7, 11) is 0. The Hall–Kier alpha value is 0.462. The Kier molecular flexibility index (Phi) is 22.8. The summed E-state index contributed by atoms with van der Waals surface area (Å²) in [6.07, 6.45) is 17.6. The van der Waals surface area contributed by atoms with Crippen molar-refractivity contribution in [2.24, 2.45) is 0 Å². The molecule has 0 saturated carbocycles. The van der Waals surface area contributed by atoms with Crippen LogP contribution in [0.1, 0.15) is 90.9 Å². The molecule has 2 heteroatoms. The Balaban J connectivity index is 0. The third-order valence-corrected chi connectivity index (χ3v) is 5.16. The molecule has 0 nitrogen and oxygen atoms in total. The first kappa shape index (κ1) is 20.8. The lowest BCUT2D eigenvalue weighted by atomic mass is 10.1. The molecule has 0 rings (SSSR count). The van der Waals surface area contributed by atoms with E-state index in [1.807, 2.05) is 0 Å². The van der Waals surface area contributed by atoms with Crippen LogP contribution in [0.2, 0.25) is 10.6 Å². The van der Waals surface area contributed by atoms with Gasteiger partial charge in [0.15, 0.2) is 15.2 Å². The molecule has 0 bridgehead atoms. The molecule has 0 aliphatic rings. The molecule has 1 radical (unpaired) electrons. The van der Waals surface area contributed by atoms with Crippen molar-refractivity contribution >= 4 is 15.2 Å². The summed E-state index contributed by atoms with van der Waals surface area (Å²) in [5.74, 6) is 0. The maximum atomic E-state index is 2.30. The van der Waals surface area contributed by atoms with Gasteiger partial charge in [-0.15, -0.1) is 10.6 Å². The molecule has 0 saturated heterocycles. The van der Waals surface area contributed by atoms with Gasteiger partial charge in [0.25, 0.3) is 0 Å². The van der Waals surface area contributed by atoms with Crippen LogP contribution in [0.25, 0.3) is 0 Å². The van der Waals surface area contributed by atoms with Gasteiger partial charge in [-0.05, 0) is 0 Å². The predicted molar refractivity (Wildman–Crippen MR) is 84.6 cm³/mol. The van der Waals surface area contributed by atoms with Crippen LogP contribution < -0.4 is 0 Å². The first-order chi connectivity index (χ1) is 8.41. The van der Waals surface area contributed by atoms with E-state index >= 15 is 0 Å². The fraction of sp³-hybridized carbons (Fsp3) is 1.00. The van der Waals surface area contributed by atoms with Crippen molar-refractivity contribution in [3.05, 3.63) is 0 Å². The lowest BCUT2D eigenvalue weighted by Crippen LogP contribution is -1.90. The standard InChI is InChI=1S/2C8H17.Al.FH/c2*1-3-5-7-8-6-4-2;;/h2*1,3-8H2,2H3;;1H. The van der Waals surface area contributed by atoms with Gasteiger partial charge in [0.1, 0.15) is 0 Å². The highest BCUT2D eigenvalue weighted by molar-refractivity contribution is 6.35. The third kappa shape index (κ3) is 18.8. The number of halogens is 1. The summed E-state index contributed by atoms with van der Waals surface area (Å²) in [4.78, 5) is 0. The molecule has 0 heterocycles. The molecule has 0 aromatic carbocycles. The van der Waals surface area contributed by atoms with Crippen LogP contribution >= 0.6 is 0 Å². The van der Waals surface area contributed by atoms with Crippen molar-refractivity contribution in [1.29, 1.82) is 0 Å². The van der Waals surface area contributed by atoms with Crippen molar-refractivity contribution in [2.45, 2.75) is 101 Å². The van der Waals surface area contributed by atoms with Crippen molar-refractivity contribution < 1.29 is 4.70 Å². The zero-order valence-corrected chi connectivity index (χ0v) is 14.0. The molecule has 0 atom stereocenters. The average Bonchev–Trinajstić information content (AvgIpc) is 2.35. The van der Waals surface area contributed by atoms with E-state index in [-0.39, 0.29) is 4.70 Å². The zero-order valence-electron chi connectivity index (χ0n) is 12.9. The molecular formula is C16H35AlF. The highest BCUT2D eigenvalue weighted by Gasteiger charge is 1.95. The number of rotatable bonds is 14. The number of unbranched alkanes of at least 4 members (excludes halogenated alkanes) is 10. The highest BCUT2D eigenvalue weighted by atomic mass is 27.1. The number of hydrogen-bond acceptors (Lipinski definition) is 0. The average molecular weight is 273 g/mol. The fourth-order valence-electron chi connectivity index (χ4n) is 2.28. The molecule has 0 fully saturated rings. The molecule has 0 aromatic rings. The summed E-state index contributed by atoms with van der Waals surface area (Å²) < 4.78 is 0. The summed E-state index contributed by atoms with van der Waals surface area (Å²) in [6, 6.07) is 0. The van der Waals surface area contributed by atoms with E-state index in [0.717, 1.165) is 15.2 Å². The van der Waals surface area contributed by atoms with Gasteiger partial charge in [0.05, 0.1) is 0 Å². The van der Waals surface area contributed by atoms with Gasteiger partial charge in [0.2, 0.25) is 0 Å². The van der Waals surface area contributed by atoms with E-state index in [9.17, 15) is 0 Å². The van der Waals surface area contributed by atoms with Crippen molar-refractivity contribution in [3.8, 4) is 0 Å². The van der Waals surface area contributed by atoms with Gasteiger partial charge in [0, 0.05) is 0 Å². The van der Waals surface area contributed by atoms with E-state index in [1.165, 1.54) is 77.0 Å². The third-order valence-electron chi connectivity index (χ3n) is 3.52. The second-order valence-corrected chi connectivity index (χ2v) is 7.13. The van der Waals surface area contributed by atoms with Gasteiger partial charge in [-0.1, -0.05) is 90.9 Å². The Morgan fingerprint density at radius 2 is 0.833 bits per heavy atom. The van der Waals surface area contributed by atoms with E-state index in [0.29, 0.717) is 0 Å². The maximum absolute atomic E-state index is 2.30. The van der Waals surface area contributed by atoms with Crippen molar-refractivity contribution in [2.75, 3.05) is 0 Å². The summed E-state index contributed by atoms with van der Waals surface area (Å²) in [5.41, 5.74) is 0. The summed E-state index contributed by atoms with van der Waals surface area (Å²) >= 11 is 0.794. The second-order valence-electron chi connectivity index (χ2n) is 5.40. The van der Waals surface area contributed by atoms with Gasteiger partial charge < -0.3 is 0 Å². The van der Waals surface area contributed by atoms with E-state index in [4.69, 9.17) is 0 Å². The largest absolute Gasteiger partial charge is 0.269 e. The predicted octanol–water partition coefficient (Wildman–Crippen LogP) is 6.40. The minimum absolute atomic E-state index is 0. The van der Waals surface area contributed by atoms with E-state index in [2.05, 4.69) is 13.8 Å². The van der Waals surface area contributed by atoms with Gasteiger partial charge >= 0.3 is 0 Å². The molecule has 0 aliphatic carbocycles. The second kappa shape index (κ2) is 19.8. The highest BCUT2D eigenvalue weighted by Crippen LogP contribution is 2.10. The van der Waals surface area contributed by atoms with Gasteiger partial charge in [-0.25, -0.2) is 0 Å². The first-order valence-electron chi connectivity index (χ1n) is 8.23. The van der Waals surface area contributed by atoms with E-state index < -0.39 is 0 Å².